The van der Waals surface area contributed by atoms with E-state index in [1.165, 1.54) is 17.4 Å². The molecule has 2 aliphatic heterocycles. The van der Waals surface area contributed by atoms with Gasteiger partial charge < -0.3 is 9.64 Å². The SMILES string of the molecule is CCN1C(=O)COc2cc3c(cc21)CC(C)=NN=C3c1cc2c(F)cc(F)cc2s1. The second kappa shape index (κ2) is 6.98. The van der Waals surface area contributed by atoms with E-state index >= 15 is 0 Å². The van der Waals surface area contributed by atoms with Crippen LogP contribution in [0.5, 0.6) is 5.75 Å². The molecule has 2 aromatic carbocycles. The number of carbonyl (C=O) groups is 1. The molecule has 3 aromatic rings. The van der Waals surface area contributed by atoms with Crippen molar-refractivity contribution in [3.05, 3.63) is 58.0 Å². The standard InChI is InChI=1S/C22H17F2N3O2S/c1-3-27-17-5-12-4-11(2)25-26-22(14(12)8-18(17)29-10-21(27)28)20-9-15-16(24)6-13(23)7-19(15)30-20/h5-9H,3-4,10H2,1-2H3. The molecule has 0 saturated carbocycles. The first-order chi connectivity index (χ1) is 14.4. The Morgan fingerprint density at radius 1 is 1.17 bits per heavy atom. The molecule has 5 nitrogen and oxygen atoms in total. The van der Waals surface area contributed by atoms with Gasteiger partial charge in [0, 0.05) is 40.4 Å². The van der Waals surface area contributed by atoms with Crippen LogP contribution >= 0.6 is 11.3 Å². The van der Waals surface area contributed by atoms with Crippen LogP contribution in [0.15, 0.2) is 40.5 Å². The van der Waals surface area contributed by atoms with Crippen molar-refractivity contribution in [1.29, 1.82) is 0 Å². The first kappa shape index (κ1) is 18.9. The van der Waals surface area contributed by atoms with Crippen LogP contribution in [0.2, 0.25) is 0 Å². The van der Waals surface area contributed by atoms with Crippen LogP contribution in [0.3, 0.4) is 0 Å². The Morgan fingerprint density at radius 3 is 2.80 bits per heavy atom. The maximum absolute atomic E-state index is 14.3. The maximum Gasteiger partial charge on any atom is 0.265 e. The van der Waals surface area contributed by atoms with E-state index in [1.54, 1.807) is 11.0 Å². The number of benzene rings is 2. The fourth-order valence-corrected chi connectivity index (χ4v) is 4.97. The molecule has 30 heavy (non-hydrogen) atoms. The minimum atomic E-state index is -0.614. The summed E-state index contributed by atoms with van der Waals surface area (Å²) < 4.78 is 34.1. The predicted octanol–water partition coefficient (Wildman–Crippen LogP) is 4.69. The van der Waals surface area contributed by atoms with Gasteiger partial charge >= 0.3 is 0 Å². The first-order valence-electron chi connectivity index (χ1n) is 9.55. The quantitative estimate of drug-likeness (QED) is 0.598. The van der Waals surface area contributed by atoms with E-state index in [2.05, 4.69) is 10.2 Å². The third-order valence-corrected chi connectivity index (χ3v) is 6.34. The van der Waals surface area contributed by atoms with E-state index in [0.29, 0.717) is 39.4 Å². The van der Waals surface area contributed by atoms with E-state index in [-0.39, 0.29) is 12.5 Å². The molecule has 0 fully saturated rings. The predicted molar refractivity (Wildman–Crippen MR) is 114 cm³/mol. The molecule has 0 saturated heterocycles. The average molecular weight is 425 g/mol. The maximum atomic E-state index is 14.3. The molecule has 3 heterocycles. The lowest BCUT2D eigenvalue weighted by Gasteiger charge is -2.29. The molecule has 0 atom stereocenters. The van der Waals surface area contributed by atoms with E-state index < -0.39 is 11.6 Å². The zero-order valence-electron chi connectivity index (χ0n) is 16.3. The number of ether oxygens (including phenoxy) is 1. The molecular formula is C22H17F2N3O2S. The summed E-state index contributed by atoms with van der Waals surface area (Å²) in [5.74, 6) is -0.703. The molecule has 0 radical (unpaired) electrons. The monoisotopic (exact) mass is 425 g/mol. The fraction of sp³-hybridized carbons (Fsp3) is 0.227. The zero-order valence-corrected chi connectivity index (χ0v) is 17.1. The summed E-state index contributed by atoms with van der Waals surface area (Å²) in [6, 6.07) is 7.69. The molecule has 0 spiro atoms. The summed E-state index contributed by atoms with van der Waals surface area (Å²) in [6.07, 6.45) is 0.565. The number of thiophene rings is 1. The van der Waals surface area contributed by atoms with Gasteiger partial charge in [0.2, 0.25) is 0 Å². The van der Waals surface area contributed by atoms with Gasteiger partial charge in [-0.05, 0) is 43.7 Å². The normalized spacial score (nSPS) is 15.9. The molecule has 2 aliphatic rings. The molecule has 0 aliphatic carbocycles. The van der Waals surface area contributed by atoms with Gasteiger partial charge in [-0.15, -0.1) is 16.4 Å². The highest BCUT2D eigenvalue weighted by molar-refractivity contribution is 7.21. The molecule has 0 N–H and O–H groups in total. The number of halogens is 2. The first-order valence-corrected chi connectivity index (χ1v) is 10.4. The number of hydrogen-bond acceptors (Lipinski definition) is 5. The average Bonchev–Trinajstić information content (AvgIpc) is 3.05. The Morgan fingerprint density at radius 2 is 2.00 bits per heavy atom. The third kappa shape index (κ3) is 2.99. The second-order valence-electron chi connectivity index (χ2n) is 7.27. The number of nitrogens with zero attached hydrogens (tertiary/aromatic N) is 3. The van der Waals surface area contributed by atoms with Gasteiger partial charge in [-0.25, -0.2) is 8.78 Å². The van der Waals surface area contributed by atoms with Crippen LogP contribution in [0, 0.1) is 11.6 Å². The van der Waals surface area contributed by atoms with Crippen molar-refractivity contribution in [2.24, 2.45) is 10.2 Å². The number of amides is 1. The lowest BCUT2D eigenvalue weighted by atomic mass is 9.96. The van der Waals surface area contributed by atoms with Crippen molar-refractivity contribution in [1.82, 2.24) is 0 Å². The van der Waals surface area contributed by atoms with E-state index in [0.717, 1.165) is 28.6 Å². The Balaban J connectivity index is 1.70. The van der Waals surface area contributed by atoms with Gasteiger partial charge in [0.25, 0.3) is 5.91 Å². The Hall–Kier alpha value is -3.13. The molecule has 1 aromatic heterocycles. The Labute approximate surface area is 175 Å². The van der Waals surface area contributed by atoms with Crippen LogP contribution in [0.25, 0.3) is 10.1 Å². The van der Waals surface area contributed by atoms with Crippen LogP contribution in [-0.2, 0) is 11.2 Å². The molecule has 0 unspecified atom stereocenters. The summed E-state index contributed by atoms with van der Waals surface area (Å²) in [4.78, 5) is 14.6. The van der Waals surface area contributed by atoms with Crippen LogP contribution in [-0.4, -0.2) is 30.5 Å². The van der Waals surface area contributed by atoms with Crippen molar-refractivity contribution >= 4 is 44.4 Å². The molecule has 152 valence electrons. The number of fused-ring (bicyclic) bond motifs is 3. The topological polar surface area (TPSA) is 54.3 Å². The molecule has 5 rings (SSSR count). The molecule has 0 bridgehead atoms. The van der Waals surface area contributed by atoms with E-state index in [4.69, 9.17) is 4.74 Å². The second-order valence-corrected chi connectivity index (χ2v) is 8.36. The van der Waals surface area contributed by atoms with Gasteiger partial charge in [-0.1, -0.05) is 0 Å². The number of rotatable bonds is 2. The third-order valence-electron chi connectivity index (χ3n) is 5.25. The van der Waals surface area contributed by atoms with Crippen LogP contribution in [0.4, 0.5) is 14.5 Å². The highest BCUT2D eigenvalue weighted by Gasteiger charge is 2.28. The van der Waals surface area contributed by atoms with Gasteiger partial charge in [0.05, 0.1) is 10.6 Å². The van der Waals surface area contributed by atoms with Crippen molar-refractivity contribution in [2.75, 3.05) is 18.1 Å². The Kier molecular flexibility index (Phi) is 4.39. The summed E-state index contributed by atoms with van der Waals surface area (Å²) in [5, 5.41) is 9.09. The summed E-state index contributed by atoms with van der Waals surface area (Å²) in [5.41, 5.74) is 3.88. The molecular weight excluding hydrogens is 408 g/mol. The van der Waals surface area contributed by atoms with Crippen molar-refractivity contribution in [2.45, 2.75) is 20.3 Å². The number of hydrogen-bond donors (Lipinski definition) is 0. The fourth-order valence-electron chi connectivity index (χ4n) is 3.87. The van der Waals surface area contributed by atoms with Crippen molar-refractivity contribution in [3.8, 4) is 5.75 Å². The van der Waals surface area contributed by atoms with E-state index in [1.807, 2.05) is 26.0 Å². The Bertz CT molecular complexity index is 1280. The minimum absolute atomic E-state index is 0.0188. The van der Waals surface area contributed by atoms with Gasteiger partial charge in [0.1, 0.15) is 23.1 Å². The van der Waals surface area contributed by atoms with Gasteiger partial charge in [-0.3, -0.25) is 4.79 Å². The minimum Gasteiger partial charge on any atom is -0.482 e. The molecule has 1 amide bonds. The number of carbonyl (C=O) groups excluding carboxylic acids is 1. The molecule has 8 heteroatoms. The van der Waals surface area contributed by atoms with Gasteiger partial charge in [-0.2, -0.15) is 5.10 Å². The van der Waals surface area contributed by atoms with Crippen LogP contribution < -0.4 is 9.64 Å². The highest BCUT2D eigenvalue weighted by atomic mass is 32.1. The lowest BCUT2D eigenvalue weighted by molar-refractivity contribution is -0.121. The largest absolute Gasteiger partial charge is 0.482 e. The summed E-state index contributed by atoms with van der Waals surface area (Å²) in [6.45, 7) is 4.33. The van der Waals surface area contributed by atoms with Gasteiger partial charge in [0.15, 0.2) is 6.61 Å². The summed E-state index contributed by atoms with van der Waals surface area (Å²) >= 11 is 1.26. The number of likely N-dealkylation sites (N-methyl/N-ethyl adjacent to an activating group) is 1. The van der Waals surface area contributed by atoms with Crippen LogP contribution in [0.1, 0.15) is 29.9 Å². The zero-order chi connectivity index (χ0) is 21.0. The smallest absolute Gasteiger partial charge is 0.265 e. The van der Waals surface area contributed by atoms with Crippen molar-refractivity contribution < 1.29 is 18.3 Å². The highest BCUT2D eigenvalue weighted by Crippen LogP contribution is 2.38. The van der Waals surface area contributed by atoms with Crippen molar-refractivity contribution in [3.63, 3.8) is 0 Å². The lowest BCUT2D eigenvalue weighted by Crippen LogP contribution is -2.38. The summed E-state index contributed by atoms with van der Waals surface area (Å²) in [7, 11) is 0. The number of anilines is 1. The van der Waals surface area contributed by atoms with E-state index in [9.17, 15) is 13.6 Å².